The Hall–Kier alpha value is -1.06. The molecule has 1 N–H and O–H groups in total. The van der Waals surface area contributed by atoms with Gasteiger partial charge in [0.15, 0.2) is 0 Å². The van der Waals surface area contributed by atoms with Crippen molar-refractivity contribution in [1.29, 1.82) is 0 Å². The summed E-state index contributed by atoms with van der Waals surface area (Å²) in [6, 6.07) is 2.90. The predicted molar refractivity (Wildman–Crippen MR) is 78.9 cm³/mol. The summed E-state index contributed by atoms with van der Waals surface area (Å²) in [4.78, 5) is 2.36. The van der Waals surface area contributed by atoms with Crippen molar-refractivity contribution in [3.05, 3.63) is 36.3 Å². The zero-order chi connectivity index (χ0) is 13.9. The lowest BCUT2D eigenvalue weighted by Crippen LogP contribution is -2.40. The zero-order valence-corrected chi connectivity index (χ0v) is 12.4. The van der Waals surface area contributed by atoms with E-state index in [4.69, 9.17) is 4.42 Å². The molecule has 2 rings (SSSR count). The molecule has 19 heavy (non-hydrogen) atoms. The van der Waals surface area contributed by atoms with Crippen LogP contribution in [0.3, 0.4) is 0 Å². The molecule has 0 spiro atoms. The van der Waals surface area contributed by atoms with Crippen molar-refractivity contribution in [3.63, 3.8) is 0 Å². The molecule has 0 aromatic carbocycles. The Morgan fingerprint density at radius 1 is 1.47 bits per heavy atom. The van der Waals surface area contributed by atoms with E-state index >= 15 is 0 Å². The van der Waals surface area contributed by atoms with Gasteiger partial charge in [-0.05, 0) is 39.7 Å². The van der Waals surface area contributed by atoms with Crippen LogP contribution in [-0.4, -0.2) is 23.0 Å². The number of rotatable bonds is 7. The molecule has 0 unspecified atom stereocenters. The number of nitrogens with zero attached hydrogens (tertiary/aromatic N) is 1. The third-order valence-electron chi connectivity index (χ3n) is 3.53. The summed E-state index contributed by atoms with van der Waals surface area (Å²) in [6.07, 6.45) is 6.47. The number of nitrogens with one attached hydrogen (secondary N) is 1. The summed E-state index contributed by atoms with van der Waals surface area (Å²) < 4.78 is 5.67. The van der Waals surface area contributed by atoms with Crippen molar-refractivity contribution in [3.8, 4) is 0 Å². The lowest BCUT2D eigenvalue weighted by atomic mass is 10.1. The van der Waals surface area contributed by atoms with Gasteiger partial charge in [-0.1, -0.05) is 6.08 Å². The van der Waals surface area contributed by atoms with Crippen LogP contribution in [0.4, 0.5) is 0 Å². The van der Waals surface area contributed by atoms with Gasteiger partial charge in [0.25, 0.3) is 0 Å². The molecule has 1 heterocycles. The highest BCUT2D eigenvalue weighted by atomic mass is 16.3. The second kappa shape index (κ2) is 5.93. The first-order valence-electron chi connectivity index (χ1n) is 7.14. The number of hydrogen-bond donors (Lipinski definition) is 1. The van der Waals surface area contributed by atoms with Crippen molar-refractivity contribution in [2.75, 3.05) is 6.54 Å². The maximum absolute atomic E-state index is 5.67. The molecule has 0 saturated heterocycles. The summed E-state index contributed by atoms with van der Waals surface area (Å²) in [5, 5.41) is 3.51. The smallest absolute Gasteiger partial charge is 0.118 e. The minimum absolute atomic E-state index is 0.118. The highest BCUT2D eigenvalue weighted by Crippen LogP contribution is 2.21. The Morgan fingerprint density at radius 3 is 2.79 bits per heavy atom. The quantitative estimate of drug-likeness (QED) is 0.764. The van der Waals surface area contributed by atoms with Crippen molar-refractivity contribution in [1.82, 2.24) is 10.2 Å². The fourth-order valence-corrected chi connectivity index (χ4v) is 2.07. The molecule has 1 aromatic heterocycles. The van der Waals surface area contributed by atoms with Gasteiger partial charge >= 0.3 is 0 Å². The SMILES string of the molecule is C=CCN(Cc1cc(CNC2CC2)co1)C(C)(C)C. The molecule has 1 saturated carbocycles. The van der Waals surface area contributed by atoms with Crippen LogP contribution in [0.1, 0.15) is 44.9 Å². The first-order valence-corrected chi connectivity index (χ1v) is 7.14. The van der Waals surface area contributed by atoms with Crippen LogP contribution in [0.5, 0.6) is 0 Å². The van der Waals surface area contributed by atoms with Crippen LogP contribution >= 0.6 is 0 Å². The molecule has 0 atom stereocenters. The van der Waals surface area contributed by atoms with E-state index < -0.39 is 0 Å². The van der Waals surface area contributed by atoms with Crippen LogP contribution in [-0.2, 0) is 13.1 Å². The van der Waals surface area contributed by atoms with Gasteiger partial charge in [-0.25, -0.2) is 0 Å². The molecular formula is C16H26N2O. The Bertz CT molecular complexity index is 413. The van der Waals surface area contributed by atoms with E-state index in [-0.39, 0.29) is 5.54 Å². The fraction of sp³-hybridized carbons (Fsp3) is 0.625. The summed E-state index contributed by atoms with van der Waals surface area (Å²) in [5.41, 5.74) is 1.36. The first kappa shape index (κ1) is 14.4. The van der Waals surface area contributed by atoms with Crippen molar-refractivity contribution >= 4 is 0 Å². The predicted octanol–water partition coefficient (Wildman–Crippen LogP) is 3.32. The van der Waals surface area contributed by atoms with E-state index in [0.717, 1.165) is 31.4 Å². The molecule has 1 aromatic rings. The average molecular weight is 262 g/mol. The monoisotopic (exact) mass is 262 g/mol. The van der Waals surface area contributed by atoms with Crippen LogP contribution in [0.25, 0.3) is 0 Å². The van der Waals surface area contributed by atoms with Gasteiger partial charge in [0.05, 0.1) is 12.8 Å². The highest BCUT2D eigenvalue weighted by molar-refractivity contribution is 5.13. The maximum atomic E-state index is 5.67. The van der Waals surface area contributed by atoms with Crippen molar-refractivity contribution < 1.29 is 4.42 Å². The topological polar surface area (TPSA) is 28.4 Å². The second-order valence-electron chi connectivity index (χ2n) is 6.42. The molecule has 1 aliphatic carbocycles. The Morgan fingerprint density at radius 2 is 2.21 bits per heavy atom. The third kappa shape index (κ3) is 4.51. The van der Waals surface area contributed by atoms with Gasteiger partial charge in [0, 0.05) is 30.2 Å². The summed E-state index contributed by atoms with van der Waals surface area (Å²) >= 11 is 0. The van der Waals surface area contributed by atoms with Crippen LogP contribution in [0.15, 0.2) is 29.4 Å². The molecule has 0 amide bonds. The first-order chi connectivity index (χ1) is 8.99. The fourth-order valence-electron chi connectivity index (χ4n) is 2.07. The van der Waals surface area contributed by atoms with E-state index in [1.807, 2.05) is 12.3 Å². The molecule has 0 aliphatic heterocycles. The Kier molecular flexibility index (Phi) is 4.48. The van der Waals surface area contributed by atoms with Gasteiger partial charge in [0.2, 0.25) is 0 Å². The molecular weight excluding hydrogens is 236 g/mol. The Balaban J connectivity index is 1.90. The summed E-state index contributed by atoms with van der Waals surface area (Å²) in [7, 11) is 0. The minimum Gasteiger partial charge on any atom is -0.468 e. The van der Waals surface area contributed by atoms with Gasteiger partial charge < -0.3 is 9.73 Å². The van der Waals surface area contributed by atoms with Gasteiger partial charge in [0.1, 0.15) is 5.76 Å². The van der Waals surface area contributed by atoms with Crippen LogP contribution in [0, 0.1) is 0 Å². The van der Waals surface area contributed by atoms with Gasteiger partial charge in [-0.2, -0.15) is 0 Å². The van der Waals surface area contributed by atoms with E-state index in [2.05, 4.69) is 43.6 Å². The normalized spacial score (nSPS) is 16.0. The van der Waals surface area contributed by atoms with Crippen molar-refractivity contribution in [2.45, 2.75) is 58.3 Å². The second-order valence-corrected chi connectivity index (χ2v) is 6.42. The number of furan rings is 1. The third-order valence-corrected chi connectivity index (χ3v) is 3.53. The highest BCUT2D eigenvalue weighted by Gasteiger charge is 2.22. The lowest BCUT2D eigenvalue weighted by molar-refractivity contribution is 0.134. The molecule has 1 fully saturated rings. The number of hydrogen-bond acceptors (Lipinski definition) is 3. The van der Waals surface area contributed by atoms with Crippen LogP contribution in [0.2, 0.25) is 0 Å². The standard InChI is InChI=1S/C16H26N2O/c1-5-8-18(16(2,3)4)11-15-9-13(12-19-15)10-17-14-6-7-14/h5,9,12,14,17H,1,6-8,10-11H2,2-4H3. The van der Waals surface area contributed by atoms with Gasteiger partial charge in [-0.3, -0.25) is 4.90 Å². The van der Waals surface area contributed by atoms with E-state index in [1.165, 1.54) is 18.4 Å². The van der Waals surface area contributed by atoms with E-state index in [0.29, 0.717) is 0 Å². The Labute approximate surface area is 116 Å². The maximum Gasteiger partial charge on any atom is 0.118 e. The molecule has 3 heteroatoms. The molecule has 0 bridgehead atoms. The van der Waals surface area contributed by atoms with E-state index in [9.17, 15) is 0 Å². The zero-order valence-electron chi connectivity index (χ0n) is 12.4. The molecule has 106 valence electrons. The van der Waals surface area contributed by atoms with Crippen LogP contribution < -0.4 is 5.32 Å². The summed E-state index contributed by atoms with van der Waals surface area (Å²) in [5.74, 6) is 1.03. The van der Waals surface area contributed by atoms with Crippen molar-refractivity contribution in [2.24, 2.45) is 0 Å². The lowest BCUT2D eigenvalue weighted by Gasteiger charge is -2.34. The van der Waals surface area contributed by atoms with E-state index in [1.54, 1.807) is 0 Å². The minimum atomic E-state index is 0.118. The van der Waals surface area contributed by atoms with Gasteiger partial charge in [-0.15, -0.1) is 6.58 Å². The largest absolute Gasteiger partial charge is 0.468 e. The average Bonchev–Trinajstić information content (AvgIpc) is 3.05. The molecule has 0 radical (unpaired) electrons. The summed E-state index contributed by atoms with van der Waals surface area (Å²) in [6.45, 7) is 13.1. The molecule has 1 aliphatic rings. The molecule has 3 nitrogen and oxygen atoms in total.